The average Bonchev–Trinajstić information content (AvgIpc) is 2.53. The molecule has 0 spiro atoms. The summed E-state index contributed by atoms with van der Waals surface area (Å²) in [5, 5.41) is 0. The number of benzene rings is 1. The van der Waals surface area contributed by atoms with Gasteiger partial charge in [0.2, 0.25) is 5.91 Å². The SMILES string of the molecule is CCOC(=O)c1cccc([C@H]2CCN(C(=O)OC(C)(C)C)C(=O)C2)c1. The van der Waals surface area contributed by atoms with Gasteiger partial charge in [0, 0.05) is 13.0 Å². The number of piperidine rings is 1. The lowest BCUT2D eigenvalue weighted by atomic mass is 9.88. The molecule has 1 aromatic rings. The Morgan fingerprint density at radius 2 is 2.00 bits per heavy atom. The largest absolute Gasteiger partial charge is 0.462 e. The first kappa shape index (κ1) is 19.0. The van der Waals surface area contributed by atoms with Crippen molar-refractivity contribution < 1.29 is 23.9 Å². The maximum absolute atomic E-state index is 12.4. The first-order valence-corrected chi connectivity index (χ1v) is 8.51. The number of likely N-dealkylation sites (tertiary alicyclic amines) is 1. The molecule has 0 radical (unpaired) electrons. The van der Waals surface area contributed by atoms with Crippen LogP contribution in [-0.4, -0.2) is 41.6 Å². The maximum Gasteiger partial charge on any atom is 0.417 e. The molecule has 0 aliphatic carbocycles. The third kappa shape index (κ3) is 5.05. The molecule has 1 aliphatic rings. The number of ether oxygens (including phenoxy) is 2. The van der Waals surface area contributed by atoms with Crippen LogP contribution in [0.3, 0.4) is 0 Å². The molecule has 2 amide bonds. The summed E-state index contributed by atoms with van der Waals surface area (Å²) < 4.78 is 10.3. The normalized spacial score (nSPS) is 18.0. The molecule has 1 saturated heterocycles. The highest BCUT2D eigenvalue weighted by Crippen LogP contribution is 2.30. The van der Waals surface area contributed by atoms with Crippen molar-refractivity contribution in [2.75, 3.05) is 13.2 Å². The molecule has 136 valence electrons. The molecule has 1 heterocycles. The lowest BCUT2D eigenvalue weighted by Gasteiger charge is -2.32. The number of carbonyl (C=O) groups excluding carboxylic acids is 3. The fourth-order valence-corrected chi connectivity index (χ4v) is 2.76. The van der Waals surface area contributed by atoms with Gasteiger partial charge in [-0.05, 0) is 57.7 Å². The van der Waals surface area contributed by atoms with Gasteiger partial charge in [0.1, 0.15) is 5.60 Å². The average molecular weight is 347 g/mol. The van der Waals surface area contributed by atoms with E-state index in [-0.39, 0.29) is 24.2 Å². The van der Waals surface area contributed by atoms with Crippen LogP contribution in [0, 0.1) is 0 Å². The fourth-order valence-electron chi connectivity index (χ4n) is 2.76. The van der Waals surface area contributed by atoms with Crippen LogP contribution in [0.1, 0.15) is 62.4 Å². The molecule has 1 aromatic carbocycles. The number of amides is 2. The molecule has 25 heavy (non-hydrogen) atoms. The molecular weight excluding hydrogens is 322 g/mol. The molecule has 6 nitrogen and oxygen atoms in total. The van der Waals surface area contributed by atoms with Crippen LogP contribution in [0.25, 0.3) is 0 Å². The zero-order valence-corrected chi connectivity index (χ0v) is 15.2. The van der Waals surface area contributed by atoms with Crippen molar-refractivity contribution in [1.29, 1.82) is 0 Å². The second-order valence-corrected chi connectivity index (χ2v) is 7.06. The van der Waals surface area contributed by atoms with Crippen molar-refractivity contribution in [3.05, 3.63) is 35.4 Å². The third-order valence-electron chi connectivity index (χ3n) is 3.91. The Morgan fingerprint density at radius 3 is 2.60 bits per heavy atom. The van der Waals surface area contributed by atoms with Crippen molar-refractivity contribution in [3.8, 4) is 0 Å². The Morgan fingerprint density at radius 1 is 1.28 bits per heavy atom. The standard InChI is InChI=1S/C19H25NO5/c1-5-24-17(22)15-8-6-7-13(11-15)14-9-10-20(16(21)12-14)18(23)25-19(2,3)4/h6-8,11,14H,5,9-10,12H2,1-4H3/t14-/m0/s1. The molecule has 1 atom stereocenters. The molecular formula is C19H25NO5. The van der Waals surface area contributed by atoms with E-state index in [0.717, 1.165) is 10.5 Å². The van der Waals surface area contributed by atoms with E-state index in [1.54, 1.807) is 45.9 Å². The van der Waals surface area contributed by atoms with Crippen LogP contribution in [0.15, 0.2) is 24.3 Å². The fraction of sp³-hybridized carbons (Fsp3) is 0.526. The second kappa shape index (κ2) is 7.68. The van der Waals surface area contributed by atoms with Gasteiger partial charge < -0.3 is 9.47 Å². The molecule has 2 rings (SSSR count). The number of esters is 1. The minimum Gasteiger partial charge on any atom is -0.462 e. The van der Waals surface area contributed by atoms with Crippen LogP contribution in [0.2, 0.25) is 0 Å². The second-order valence-electron chi connectivity index (χ2n) is 7.06. The summed E-state index contributed by atoms with van der Waals surface area (Å²) in [5.41, 5.74) is 0.742. The molecule has 6 heteroatoms. The smallest absolute Gasteiger partial charge is 0.417 e. The summed E-state index contributed by atoms with van der Waals surface area (Å²) in [4.78, 5) is 37.5. The van der Waals surface area contributed by atoms with Gasteiger partial charge in [-0.25, -0.2) is 14.5 Å². The number of rotatable bonds is 3. The summed E-state index contributed by atoms with van der Waals surface area (Å²) in [5.74, 6) is -0.658. The lowest BCUT2D eigenvalue weighted by Crippen LogP contribution is -2.44. The van der Waals surface area contributed by atoms with E-state index in [2.05, 4.69) is 0 Å². The van der Waals surface area contributed by atoms with E-state index in [0.29, 0.717) is 25.1 Å². The molecule has 0 aromatic heterocycles. The molecule has 0 N–H and O–H groups in total. The predicted octanol–water partition coefficient (Wildman–Crippen LogP) is 3.50. The zero-order valence-electron chi connectivity index (χ0n) is 15.2. The minimum absolute atomic E-state index is 0.0273. The monoisotopic (exact) mass is 347 g/mol. The van der Waals surface area contributed by atoms with Gasteiger partial charge in [0.15, 0.2) is 0 Å². The molecule has 1 fully saturated rings. The van der Waals surface area contributed by atoms with Gasteiger partial charge in [-0.1, -0.05) is 12.1 Å². The van der Waals surface area contributed by atoms with Crippen molar-refractivity contribution in [3.63, 3.8) is 0 Å². The van der Waals surface area contributed by atoms with E-state index in [1.807, 2.05) is 6.07 Å². The highest BCUT2D eigenvalue weighted by Gasteiger charge is 2.33. The highest BCUT2D eigenvalue weighted by atomic mass is 16.6. The van der Waals surface area contributed by atoms with Gasteiger partial charge in [-0.2, -0.15) is 0 Å². The molecule has 0 unspecified atom stereocenters. The van der Waals surface area contributed by atoms with E-state index in [4.69, 9.17) is 9.47 Å². The van der Waals surface area contributed by atoms with Crippen LogP contribution < -0.4 is 0 Å². The van der Waals surface area contributed by atoms with Gasteiger partial charge in [-0.3, -0.25) is 4.79 Å². The first-order chi connectivity index (χ1) is 11.7. The van der Waals surface area contributed by atoms with Crippen molar-refractivity contribution >= 4 is 18.0 Å². The van der Waals surface area contributed by atoms with Crippen molar-refractivity contribution in [2.45, 2.75) is 52.1 Å². The summed E-state index contributed by atoms with van der Waals surface area (Å²) in [6.45, 7) is 7.68. The topological polar surface area (TPSA) is 72.9 Å². The van der Waals surface area contributed by atoms with Gasteiger partial charge >= 0.3 is 12.1 Å². The van der Waals surface area contributed by atoms with Crippen molar-refractivity contribution in [1.82, 2.24) is 4.90 Å². The molecule has 1 aliphatic heterocycles. The number of hydrogen-bond donors (Lipinski definition) is 0. The number of hydrogen-bond acceptors (Lipinski definition) is 5. The van der Waals surface area contributed by atoms with Crippen LogP contribution in [-0.2, 0) is 14.3 Å². The minimum atomic E-state index is -0.637. The number of carbonyl (C=O) groups is 3. The van der Waals surface area contributed by atoms with Gasteiger partial charge in [0.25, 0.3) is 0 Å². The molecule has 0 saturated carbocycles. The van der Waals surface area contributed by atoms with Crippen LogP contribution >= 0.6 is 0 Å². The van der Waals surface area contributed by atoms with E-state index in [9.17, 15) is 14.4 Å². The summed E-state index contributed by atoms with van der Waals surface area (Å²) in [6.07, 6.45) is 0.249. The van der Waals surface area contributed by atoms with Crippen LogP contribution in [0.4, 0.5) is 4.79 Å². The maximum atomic E-state index is 12.4. The Bertz CT molecular complexity index is 662. The summed E-state index contributed by atoms with van der Waals surface area (Å²) in [6, 6.07) is 7.13. The Kier molecular flexibility index (Phi) is 5.82. The summed E-state index contributed by atoms with van der Waals surface area (Å²) >= 11 is 0. The van der Waals surface area contributed by atoms with Gasteiger partial charge in [-0.15, -0.1) is 0 Å². The van der Waals surface area contributed by atoms with Crippen LogP contribution in [0.5, 0.6) is 0 Å². The third-order valence-corrected chi connectivity index (χ3v) is 3.91. The quantitative estimate of drug-likeness (QED) is 0.783. The molecule has 0 bridgehead atoms. The lowest BCUT2D eigenvalue weighted by molar-refractivity contribution is -0.132. The predicted molar refractivity (Wildman–Crippen MR) is 92.3 cm³/mol. The number of nitrogens with zero attached hydrogens (tertiary/aromatic N) is 1. The Labute approximate surface area is 148 Å². The van der Waals surface area contributed by atoms with E-state index in [1.165, 1.54) is 0 Å². The zero-order chi connectivity index (χ0) is 18.6. The first-order valence-electron chi connectivity index (χ1n) is 8.51. The number of imide groups is 1. The van der Waals surface area contributed by atoms with Crippen molar-refractivity contribution in [2.24, 2.45) is 0 Å². The van der Waals surface area contributed by atoms with E-state index >= 15 is 0 Å². The Balaban J connectivity index is 2.06. The highest BCUT2D eigenvalue weighted by molar-refractivity contribution is 5.93. The van der Waals surface area contributed by atoms with E-state index < -0.39 is 11.7 Å². The Hall–Kier alpha value is -2.37. The summed E-state index contributed by atoms with van der Waals surface area (Å²) in [7, 11) is 0. The van der Waals surface area contributed by atoms with Gasteiger partial charge in [0.05, 0.1) is 12.2 Å².